The summed E-state index contributed by atoms with van der Waals surface area (Å²) in [6.45, 7) is 2.53. The Balaban J connectivity index is 1.72. The number of rotatable bonds is 2. The van der Waals surface area contributed by atoms with E-state index in [0.717, 1.165) is 38.8 Å². The van der Waals surface area contributed by atoms with Crippen molar-refractivity contribution < 1.29 is 8.42 Å². The van der Waals surface area contributed by atoms with Crippen molar-refractivity contribution in [1.82, 2.24) is 9.62 Å². The van der Waals surface area contributed by atoms with Gasteiger partial charge in [0, 0.05) is 19.1 Å². The smallest absolute Gasteiger partial charge is 0.217 e. The molecule has 1 aliphatic carbocycles. The van der Waals surface area contributed by atoms with Gasteiger partial charge >= 0.3 is 0 Å². The van der Waals surface area contributed by atoms with E-state index in [1.54, 1.807) is 4.31 Å². The Hall–Kier alpha value is -0.130. The van der Waals surface area contributed by atoms with Crippen molar-refractivity contribution in [3.63, 3.8) is 0 Å². The van der Waals surface area contributed by atoms with Crippen molar-refractivity contribution in [3.05, 3.63) is 0 Å². The van der Waals surface area contributed by atoms with E-state index in [1.807, 2.05) is 0 Å². The molecule has 2 atom stereocenters. The molecule has 2 saturated heterocycles. The summed E-state index contributed by atoms with van der Waals surface area (Å²) in [5.74, 6) is 0.555. The number of hydrogen-bond donors (Lipinski definition) is 1. The molecule has 0 bridgehead atoms. The zero-order valence-corrected chi connectivity index (χ0v) is 11.1. The summed E-state index contributed by atoms with van der Waals surface area (Å²) in [5, 5.41) is 3.39. The largest absolute Gasteiger partial charge is 0.312 e. The SMILES string of the molecule is O=S(=O)(C1CCCC1)N1CC2CCCNC2C1. The molecule has 2 heterocycles. The third kappa shape index (κ3) is 2.13. The van der Waals surface area contributed by atoms with Gasteiger partial charge in [0.1, 0.15) is 0 Å². The van der Waals surface area contributed by atoms with E-state index in [4.69, 9.17) is 0 Å². The number of sulfonamides is 1. The van der Waals surface area contributed by atoms with E-state index < -0.39 is 10.0 Å². The van der Waals surface area contributed by atoms with Crippen LogP contribution in [0.5, 0.6) is 0 Å². The van der Waals surface area contributed by atoms with Crippen molar-refractivity contribution in [2.24, 2.45) is 5.92 Å². The van der Waals surface area contributed by atoms with Gasteiger partial charge in [-0.05, 0) is 38.1 Å². The molecule has 2 unspecified atom stereocenters. The first-order chi connectivity index (χ1) is 8.18. The maximum absolute atomic E-state index is 12.5. The first-order valence-electron chi connectivity index (χ1n) is 6.90. The fourth-order valence-electron chi connectivity index (χ4n) is 3.61. The molecule has 5 heteroatoms. The Bertz CT molecular complexity index is 362. The fraction of sp³-hybridized carbons (Fsp3) is 1.00. The van der Waals surface area contributed by atoms with E-state index in [-0.39, 0.29) is 5.25 Å². The minimum Gasteiger partial charge on any atom is -0.312 e. The van der Waals surface area contributed by atoms with E-state index in [0.29, 0.717) is 18.5 Å². The molecule has 0 radical (unpaired) electrons. The van der Waals surface area contributed by atoms with Gasteiger partial charge in [-0.2, -0.15) is 4.31 Å². The van der Waals surface area contributed by atoms with Crippen molar-refractivity contribution in [2.75, 3.05) is 19.6 Å². The highest BCUT2D eigenvalue weighted by Gasteiger charge is 2.42. The molecule has 0 aromatic rings. The minimum absolute atomic E-state index is 0.0809. The van der Waals surface area contributed by atoms with Crippen LogP contribution in [0.4, 0.5) is 0 Å². The van der Waals surface area contributed by atoms with Crippen LogP contribution in [0.3, 0.4) is 0 Å². The van der Waals surface area contributed by atoms with Crippen molar-refractivity contribution >= 4 is 10.0 Å². The van der Waals surface area contributed by atoms with Gasteiger partial charge in [0.2, 0.25) is 10.0 Å². The summed E-state index contributed by atoms with van der Waals surface area (Å²) in [6.07, 6.45) is 6.31. The average molecular weight is 258 g/mol. The molecule has 0 spiro atoms. The van der Waals surface area contributed by atoms with Crippen LogP contribution >= 0.6 is 0 Å². The second kappa shape index (κ2) is 4.52. The molecule has 0 aromatic heterocycles. The van der Waals surface area contributed by atoms with Gasteiger partial charge in [-0.1, -0.05) is 12.8 Å². The highest BCUT2D eigenvalue weighted by Crippen LogP contribution is 2.32. The van der Waals surface area contributed by atoms with Gasteiger partial charge in [-0.15, -0.1) is 0 Å². The summed E-state index contributed by atoms with van der Waals surface area (Å²) in [5.41, 5.74) is 0. The van der Waals surface area contributed by atoms with Gasteiger partial charge in [-0.25, -0.2) is 8.42 Å². The van der Waals surface area contributed by atoms with Crippen LogP contribution in [0.15, 0.2) is 0 Å². The summed E-state index contributed by atoms with van der Waals surface area (Å²) in [4.78, 5) is 0. The zero-order chi connectivity index (χ0) is 11.9. The van der Waals surface area contributed by atoms with Gasteiger partial charge < -0.3 is 5.32 Å². The highest BCUT2D eigenvalue weighted by molar-refractivity contribution is 7.89. The lowest BCUT2D eigenvalue weighted by Crippen LogP contribution is -2.41. The number of fused-ring (bicyclic) bond motifs is 1. The van der Waals surface area contributed by atoms with E-state index in [1.165, 1.54) is 12.8 Å². The monoisotopic (exact) mass is 258 g/mol. The molecule has 0 amide bonds. The fourth-order valence-corrected chi connectivity index (χ4v) is 5.73. The Morgan fingerprint density at radius 1 is 1.00 bits per heavy atom. The molecule has 17 heavy (non-hydrogen) atoms. The summed E-state index contributed by atoms with van der Waals surface area (Å²) in [6, 6.07) is 0.417. The Morgan fingerprint density at radius 2 is 1.76 bits per heavy atom. The second-order valence-electron chi connectivity index (χ2n) is 5.73. The standard InChI is InChI=1S/C12H22N2O2S/c15-17(16,11-5-1-2-6-11)14-8-10-4-3-7-13-12(10)9-14/h10-13H,1-9H2. The molecule has 3 rings (SSSR count). The van der Waals surface area contributed by atoms with Gasteiger partial charge in [-0.3, -0.25) is 0 Å². The first kappa shape index (κ1) is 11.9. The first-order valence-corrected chi connectivity index (χ1v) is 8.40. The quantitative estimate of drug-likeness (QED) is 0.802. The molecule has 1 N–H and O–H groups in total. The van der Waals surface area contributed by atoms with Crippen LogP contribution in [-0.4, -0.2) is 43.6 Å². The predicted molar refractivity (Wildman–Crippen MR) is 67.3 cm³/mol. The number of nitrogens with one attached hydrogen (secondary N) is 1. The molecule has 4 nitrogen and oxygen atoms in total. The molecule has 1 saturated carbocycles. The van der Waals surface area contributed by atoms with Crippen molar-refractivity contribution in [2.45, 2.75) is 49.8 Å². The zero-order valence-electron chi connectivity index (χ0n) is 10.3. The lowest BCUT2D eigenvalue weighted by molar-refractivity contribution is 0.339. The minimum atomic E-state index is -3.00. The molecule has 2 aliphatic heterocycles. The normalized spacial score (nSPS) is 36.2. The van der Waals surface area contributed by atoms with Gasteiger partial charge in [0.25, 0.3) is 0 Å². The second-order valence-corrected chi connectivity index (χ2v) is 7.94. The number of hydrogen-bond acceptors (Lipinski definition) is 3. The maximum Gasteiger partial charge on any atom is 0.217 e. The molecule has 0 aromatic carbocycles. The molecular formula is C12H22N2O2S. The maximum atomic E-state index is 12.5. The van der Waals surface area contributed by atoms with E-state index >= 15 is 0 Å². The number of nitrogens with zero attached hydrogens (tertiary/aromatic N) is 1. The molecule has 3 fully saturated rings. The van der Waals surface area contributed by atoms with Crippen LogP contribution in [0, 0.1) is 5.92 Å². The third-order valence-electron chi connectivity index (χ3n) is 4.65. The van der Waals surface area contributed by atoms with Crippen LogP contribution in [0.1, 0.15) is 38.5 Å². The summed E-state index contributed by atoms with van der Waals surface area (Å²) < 4.78 is 26.7. The topological polar surface area (TPSA) is 49.4 Å². The van der Waals surface area contributed by atoms with Crippen LogP contribution < -0.4 is 5.32 Å². The third-order valence-corrected chi connectivity index (χ3v) is 6.98. The Kier molecular flexibility index (Phi) is 3.17. The predicted octanol–water partition coefficient (Wildman–Crippen LogP) is 0.943. The summed E-state index contributed by atoms with van der Waals surface area (Å²) >= 11 is 0. The van der Waals surface area contributed by atoms with Crippen molar-refractivity contribution in [1.29, 1.82) is 0 Å². The molecule has 98 valence electrons. The Morgan fingerprint density at radius 3 is 2.47 bits per heavy atom. The van der Waals surface area contributed by atoms with Crippen LogP contribution in [0.2, 0.25) is 0 Å². The van der Waals surface area contributed by atoms with E-state index in [2.05, 4.69) is 5.32 Å². The molecule has 3 aliphatic rings. The van der Waals surface area contributed by atoms with Gasteiger partial charge in [0.15, 0.2) is 0 Å². The Labute approximate surface area is 104 Å². The summed E-state index contributed by atoms with van der Waals surface area (Å²) in [7, 11) is -3.00. The lowest BCUT2D eigenvalue weighted by Gasteiger charge is -2.24. The molecular weight excluding hydrogens is 236 g/mol. The lowest BCUT2D eigenvalue weighted by atomic mass is 9.94. The van der Waals surface area contributed by atoms with Crippen molar-refractivity contribution in [3.8, 4) is 0 Å². The highest BCUT2D eigenvalue weighted by atomic mass is 32.2. The van der Waals surface area contributed by atoms with Gasteiger partial charge in [0.05, 0.1) is 5.25 Å². The number of piperidine rings is 1. The average Bonchev–Trinajstić information content (AvgIpc) is 2.98. The van der Waals surface area contributed by atoms with Crippen LogP contribution in [-0.2, 0) is 10.0 Å². The van der Waals surface area contributed by atoms with Crippen LogP contribution in [0.25, 0.3) is 0 Å². The van der Waals surface area contributed by atoms with E-state index in [9.17, 15) is 8.42 Å².